The van der Waals surface area contributed by atoms with Crippen molar-refractivity contribution < 1.29 is 0 Å². The third kappa shape index (κ3) is 2.29. The smallest absolute Gasteiger partial charge is 0.0907 e. The van der Waals surface area contributed by atoms with Crippen molar-refractivity contribution in [3.63, 3.8) is 0 Å². The molecule has 4 heteroatoms. The van der Waals surface area contributed by atoms with Crippen molar-refractivity contribution in [1.29, 1.82) is 0 Å². The van der Waals surface area contributed by atoms with E-state index in [-0.39, 0.29) is 0 Å². The molecule has 0 radical (unpaired) electrons. The normalized spacial score (nSPS) is 27.0. The first-order valence-corrected chi connectivity index (χ1v) is 7.79. The number of fused-ring (bicyclic) bond motifs is 1. The van der Waals surface area contributed by atoms with Crippen LogP contribution in [0.2, 0.25) is 0 Å². The number of anilines is 2. The maximum absolute atomic E-state index is 6.17. The molecule has 1 aromatic carbocycles. The summed E-state index contributed by atoms with van der Waals surface area (Å²) in [5.41, 5.74) is 9.11. The van der Waals surface area contributed by atoms with E-state index in [1.165, 1.54) is 17.5 Å². The number of aromatic nitrogens is 1. The second kappa shape index (κ2) is 4.67. The van der Waals surface area contributed by atoms with Crippen LogP contribution in [0.25, 0.3) is 10.2 Å². The maximum Gasteiger partial charge on any atom is 0.0907 e. The van der Waals surface area contributed by atoms with E-state index in [9.17, 15) is 0 Å². The third-order valence-corrected chi connectivity index (χ3v) is 5.41. The summed E-state index contributed by atoms with van der Waals surface area (Å²) in [5, 5.41) is 4.72. The van der Waals surface area contributed by atoms with Gasteiger partial charge < -0.3 is 11.1 Å². The first kappa shape index (κ1) is 12.7. The van der Waals surface area contributed by atoms with E-state index < -0.39 is 0 Å². The van der Waals surface area contributed by atoms with E-state index in [1.54, 1.807) is 11.3 Å². The van der Waals surface area contributed by atoms with Crippen molar-refractivity contribution in [2.75, 3.05) is 11.1 Å². The summed E-state index contributed by atoms with van der Waals surface area (Å²) in [6.07, 6.45) is 2.53. The summed E-state index contributed by atoms with van der Waals surface area (Å²) in [6, 6.07) is 4.68. The fourth-order valence-corrected chi connectivity index (χ4v) is 3.86. The van der Waals surface area contributed by atoms with E-state index in [2.05, 4.69) is 30.2 Å². The molecule has 1 aliphatic carbocycles. The standard InChI is InChI=1S/C15H21N3S/c1-8-4-5-12(9(8)2)18-13-7-14-15(6-11(13)16)19-10(3)17-14/h6-9,12,18H,4-5,16H2,1-3H3. The maximum atomic E-state index is 6.17. The molecule has 0 aliphatic heterocycles. The summed E-state index contributed by atoms with van der Waals surface area (Å²) < 4.78 is 1.17. The molecule has 1 saturated carbocycles. The molecule has 1 aliphatic rings. The lowest BCUT2D eigenvalue weighted by Crippen LogP contribution is -2.24. The number of rotatable bonds is 2. The number of aryl methyl sites for hydroxylation is 1. The van der Waals surface area contributed by atoms with E-state index >= 15 is 0 Å². The summed E-state index contributed by atoms with van der Waals surface area (Å²) >= 11 is 1.70. The Bertz CT molecular complexity index is 605. The molecule has 1 fully saturated rings. The quantitative estimate of drug-likeness (QED) is 0.813. The molecule has 3 N–H and O–H groups in total. The molecule has 0 saturated heterocycles. The van der Waals surface area contributed by atoms with Crippen LogP contribution in [-0.2, 0) is 0 Å². The molecular weight excluding hydrogens is 254 g/mol. The summed E-state index contributed by atoms with van der Waals surface area (Å²) in [4.78, 5) is 4.55. The Labute approximate surface area is 118 Å². The van der Waals surface area contributed by atoms with Crippen molar-refractivity contribution in [3.05, 3.63) is 17.1 Å². The van der Waals surface area contributed by atoms with Crippen LogP contribution < -0.4 is 11.1 Å². The largest absolute Gasteiger partial charge is 0.397 e. The summed E-state index contributed by atoms with van der Waals surface area (Å²) in [6.45, 7) is 6.70. The van der Waals surface area contributed by atoms with Crippen molar-refractivity contribution in [2.24, 2.45) is 11.8 Å². The molecule has 0 bridgehead atoms. The zero-order valence-corrected chi connectivity index (χ0v) is 12.6. The second-order valence-corrected chi connectivity index (χ2v) is 7.04. The molecular formula is C15H21N3S. The molecule has 3 rings (SSSR count). The SMILES string of the molecule is Cc1nc2cc(NC3CCC(C)C3C)c(N)cc2s1. The molecule has 3 nitrogen and oxygen atoms in total. The van der Waals surface area contributed by atoms with Crippen LogP contribution in [0.3, 0.4) is 0 Å². The number of nitrogens with one attached hydrogen (secondary N) is 1. The molecule has 102 valence electrons. The summed E-state index contributed by atoms with van der Waals surface area (Å²) in [5.74, 6) is 1.50. The van der Waals surface area contributed by atoms with Crippen molar-refractivity contribution in [1.82, 2.24) is 4.98 Å². The Hall–Kier alpha value is -1.29. The van der Waals surface area contributed by atoms with Gasteiger partial charge in [0, 0.05) is 6.04 Å². The van der Waals surface area contributed by atoms with Gasteiger partial charge in [0.25, 0.3) is 0 Å². The van der Waals surface area contributed by atoms with Gasteiger partial charge in [0.15, 0.2) is 0 Å². The van der Waals surface area contributed by atoms with Gasteiger partial charge in [0.2, 0.25) is 0 Å². The van der Waals surface area contributed by atoms with Gasteiger partial charge in [0.1, 0.15) is 0 Å². The minimum atomic E-state index is 0.537. The lowest BCUT2D eigenvalue weighted by Gasteiger charge is -2.21. The Kier molecular flexibility index (Phi) is 3.13. The van der Waals surface area contributed by atoms with Crippen LogP contribution in [0.5, 0.6) is 0 Å². The predicted octanol–water partition coefficient (Wildman–Crippen LogP) is 4.03. The highest BCUT2D eigenvalue weighted by atomic mass is 32.1. The van der Waals surface area contributed by atoms with Gasteiger partial charge in [-0.15, -0.1) is 11.3 Å². The molecule has 2 aromatic rings. The first-order chi connectivity index (χ1) is 9.04. The molecule has 0 amide bonds. The third-order valence-electron chi connectivity index (χ3n) is 4.47. The number of hydrogen-bond acceptors (Lipinski definition) is 4. The van der Waals surface area contributed by atoms with Crippen molar-refractivity contribution >= 4 is 32.9 Å². The highest BCUT2D eigenvalue weighted by Crippen LogP contribution is 2.36. The minimum absolute atomic E-state index is 0.537. The monoisotopic (exact) mass is 275 g/mol. The van der Waals surface area contributed by atoms with E-state index in [0.717, 1.165) is 27.8 Å². The first-order valence-electron chi connectivity index (χ1n) is 6.98. The number of hydrogen-bond donors (Lipinski definition) is 2. The number of nitrogens with two attached hydrogens (primary N) is 1. The van der Waals surface area contributed by atoms with Gasteiger partial charge in [-0.2, -0.15) is 0 Å². The molecule has 1 heterocycles. The van der Waals surface area contributed by atoms with E-state index in [0.29, 0.717) is 12.0 Å². The van der Waals surface area contributed by atoms with Crippen LogP contribution in [0.4, 0.5) is 11.4 Å². The van der Waals surface area contributed by atoms with Crippen LogP contribution in [0, 0.1) is 18.8 Å². The van der Waals surface area contributed by atoms with Crippen LogP contribution in [0.15, 0.2) is 12.1 Å². The van der Waals surface area contributed by atoms with Crippen molar-refractivity contribution in [2.45, 2.75) is 39.7 Å². The molecule has 19 heavy (non-hydrogen) atoms. The van der Waals surface area contributed by atoms with Crippen LogP contribution in [0.1, 0.15) is 31.7 Å². The highest BCUT2D eigenvalue weighted by Gasteiger charge is 2.29. The summed E-state index contributed by atoms with van der Waals surface area (Å²) in [7, 11) is 0. The Balaban J connectivity index is 1.90. The Morgan fingerprint density at radius 2 is 2.11 bits per heavy atom. The van der Waals surface area contributed by atoms with Gasteiger partial charge >= 0.3 is 0 Å². The van der Waals surface area contributed by atoms with E-state index in [4.69, 9.17) is 5.73 Å². The van der Waals surface area contributed by atoms with Gasteiger partial charge in [-0.3, -0.25) is 0 Å². The zero-order valence-electron chi connectivity index (χ0n) is 11.7. The zero-order chi connectivity index (χ0) is 13.6. The fourth-order valence-electron chi connectivity index (χ4n) is 3.00. The Morgan fingerprint density at radius 3 is 2.79 bits per heavy atom. The Morgan fingerprint density at radius 1 is 1.32 bits per heavy atom. The van der Waals surface area contributed by atoms with Crippen LogP contribution in [-0.4, -0.2) is 11.0 Å². The highest BCUT2D eigenvalue weighted by molar-refractivity contribution is 7.18. The lowest BCUT2D eigenvalue weighted by atomic mass is 9.97. The van der Waals surface area contributed by atoms with E-state index in [1.807, 2.05) is 13.0 Å². The van der Waals surface area contributed by atoms with Gasteiger partial charge in [0.05, 0.1) is 26.6 Å². The minimum Gasteiger partial charge on any atom is -0.397 e. The van der Waals surface area contributed by atoms with Gasteiger partial charge in [-0.1, -0.05) is 13.8 Å². The molecule has 0 spiro atoms. The van der Waals surface area contributed by atoms with Crippen LogP contribution >= 0.6 is 11.3 Å². The van der Waals surface area contributed by atoms with Gasteiger partial charge in [-0.25, -0.2) is 4.98 Å². The number of thiazole rings is 1. The average Bonchev–Trinajstić information content (AvgIpc) is 2.85. The van der Waals surface area contributed by atoms with Gasteiger partial charge in [-0.05, 0) is 43.7 Å². The number of nitrogens with zero attached hydrogens (tertiary/aromatic N) is 1. The number of nitrogen functional groups attached to an aromatic ring is 1. The van der Waals surface area contributed by atoms with Crippen molar-refractivity contribution in [3.8, 4) is 0 Å². The molecule has 3 unspecified atom stereocenters. The number of benzene rings is 1. The lowest BCUT2D eigenvalue weighted by molar-refractivity contribution is 0.435. The predicted molar refractivity (Wildman–Crippen MR) is 83.7 cm³/mol. The fraction of sp³-hybridized carbons (Fsp3) is 0.533. The second-order valence-electron chi connectivity index (χ2n) is 5.80. The molecule has 1 aromatic heterocycles. The topological polar surface area (TPSA) is 50.9 Å². The molecule has 3 atom stereocenters. The average molecular weight is 275 g/mol.